The minimum Gasteiger partial charge on any atom is -0.241 e. The van der Waals surface area contributed by atoms with Gasteiger partial charge in [0.25, 0.3) is 0 Å². The lowest BCUT2D eigenvalue weighted by molar-refractivity contribution is 0.581. The highest BCUT2D eigenvalue weighted by atomic mass is 32.2. The standard InChI is InChI=1S/C21H17FN2O2S2/c22-18-8-5-16(6-9-18)21-24-19(14-27-21)11-12-23-28(25,26)20-10-7-15-3-1-2-4-17(15)13-20/h1-10,13-14,23H,11-12H2. The molecule has 0 unspecified atom stereocenters. The second-order valence-corrected chi connectivity index (χ2v) is 8.93. The Morgan fingerprint density at radius 2 is 1.71 bits per heavy atom. The Balaban J connectivity index is 1.42. The summed E-state index contributed by atoms with van der Waals surface area (Å²) in [5, 5.41) is 4.56. The number of benzene rings is 3. The van der Waals surface area contributed by atoms with E-state index in [4.69, 9.17) is 0 Å². The van der Waals surface area contributed by atoms with Gasteiger partial charge >= 0.3 is 0 Å². The third kappa shape index (κ3) is 4.11. The summed E-state index contributed by atoms with van der Waals surface area (Å²) in [5.74, 6) is -0.288. The van der Waals surface area contributed by atoms with Crippen LogP contribution in [0.3, 0.4) is 0 Å². The third-order valence-corrected chi connectivity index (χ3v) is 6.75. The first-order valence-corrected chi connectivity index (χ1v) is 11.1. The maximum absolute atomic E-state index is 13.0. The fraction of sp³-hybridized carbons (Fsp3) is 0.0952. The van der Waals surface area contributed by atoms with Crippen molar-refractivity contribution in [3.05, 3.63) is 83.6 Å². The maximum Gasteiger partial charge on any atom is 0.240 e. The normalized spacial score (nSPS) is 11.8. The Hall–Kier alpha value is -2.61. The van der Waals surface area contributed by atoms with E-state index in [-0.39, 0.29) is 17.3 Å². The van der Waals surface area contributed by atoms with Crippen molar-refractivity contribution in [2.45, 2.75) is 11.3 Å². The van der Waals surface area contributed by atoms with Gasteiger partial charge in [-0.2, -0.15) is 0 Å². The van der Waals surface area contributed by atoms with Gasteiger partial charge in [-0.15, -0.1) is 11.3 Å². The van der Waals surface area contributed by atoms with Crippen LogP contribution in [-0.4, -0.2) is 19.9 Å². The van der Waals surface area contributed by atoms with E-state index in [0.29, 0.717) is 6.42 Å². The van der Waals surface area contributed by atoms with Gasteiger partial charge in [0.2, 0.25) is 10.0 Å². The van der Waals surface area contributed by atoms with Crippen molar-refractivity contribution in [3.8, 4) is 10.6 Å². The van der Waals surface area contributed by atoms with Gasteiger partial charge in [-0.25, -0.2) is 22.5 Å². The molecule has 0 amide bonds. The van der Waals surface area contributed by atoms with Crippen LogP contribution in [0, 0.1) is 5.82 Å². The molecule has 7 heteroatoms. The monoisotopic (exact) mass is 412 g/mol. The molecule has 142 valence electrons. The van der Waals surface area contributed by atoms with Crippen molar-refractivity contribution in [1.82, 2.24) is 9.71 Å². The number of fused-ring (bicyclic) bond motifs is 1. The van der Waals surface area contributed by atoms with Crippen molar-refractivity contribution in [3.63, 3.8) is 0 Å². The molecule has 1 aromatic heterocycles. The Bertz CT molecular complexity index is 1220. The van der Waals surface area contributed by atoms with Gasteiger partial charge in [0.15, 0.2) is 0 Å². The van der Waals surface area contributed by atoms with Gasteiger partial charge in [-0.05, 0) is 47.2 Å². The molecule has 28 heavy (non-hydrogen) atoms. The zero-order chi connectivity index (χ0) is 19.6. The van der Waals surface area contributed by atoms with Crippen LogP contribution in [0.25, 0.3) is 21.3 Å². The second-order valence-electron chi connectivity index (χ2n) is 6.31. The number of nitrogens with zero attached hydrogens (tertiary/aromatic N) is 1. The van der Waals surface area contributed by atoms with Crippen molar-refractivity contribution in [2.24, 2.45) is 0 Å². The second kappa shape index (κ2) is 7.79. The van der Waals surface area contributed by atoms with E-state index < -0.39 is 10.0 Å². The van der Waals surface area contributed by atoms with Crippen LogP contribution in [0.2, 0.25) is 0 Å². The molecule has 4 rings (SSSR count). The molecule has 0 aliphatic carbocycles. The minimum atomic E-state index is -3.59. The number of rotatable bonds is 6. The first-order valence-electron chi connectivity index (χ1n) is 8.70. The average Bonchev–Trinajstić information content (AvgIpc) is 3.17. The van der Waals surface area contributed by atoms with Crippen LogP contribution >= 0.6 is 11.3 Å². The number of aromatic nitrogens is 1. The summed E-state index contributed by atoms with van der Waals surface area (Å²) < 4.78 is 40.8. The summed E-state index contributed by atoms with van der Waals surface area (Å²) in [7, 11) is -3.59. The van der Waals surface area contributed by atoms with Gasteiger partial charge in [0.05, 0.1) is 10.6 Å². The highest BCUT2D eigenvalue weighted by Crippen LogP contribution is 2.24. The quantitative estimate of drug-likeness (QED) is 0.503. The lowest BCUT2D eigenvalue weighted by atomic mass is 10.1. The predicted molar refractivity (Wildman–Crippen MR) is 110 cm³/mol. The zero-order valence-corrected chi connectivity index (χ0v) is 16.4. The largest absolute Gasteiger partial charge is 0.241 e. The molecular formula is C21H17FN2O2S2. The number of sulfonamides is 1. The zero-order valence-electron chi connectivity index (χ0n) is 14.8. The highest BCUT2D eigenvalue weighted by molar-refractivity contribution is 7.89. The average molecular weight is 413 g/mol. The van der Waals surface area contributed by atoms with Gasteiger partial charge in [0, 0.05) is 23.9 Å². The van der Waals surface area contributed by atoms with E-state index in [0.717, 1.165) is 27.0 Å². The summed E-state index contributed by atoms with van der Waals surface area (Å²) in [4.78, 5) is 4.75. The van der Waals surface area contributed by atoms with Crippen molar-refractivity contribution >= 4 is 32.1 Å². The molecule has 0 atom stereocenters. The SMILES string of the molecule is O=S(=O)(NCCc1csc(-c2ccc(F)cc2)n1)c1ccc2ccccc2c1. The van der Waals surface area contributed by atoms with Crippen molar-refractivity contribution in [2.75, 3.05) is 6.54 Å². The lowest BCUT2D eigenvalue weighted by Gasteiger charge is -2.07. The van der Waals surface area contributed by atoms with Crippen LogP contribution in [-0.2, 0) is 16.4 Å². The predicted octanol–water partition coefficient (Wildman–Crippen LogP) is 4.62. The molecule has 3 aromatic carbocycles. The van der Waals surface area contributed by atoms with E-state index >= 15 is 0 Å². The molecule has 0 radical (unpaired) electrons. The Kier molecular flexibility index (Phi) is 5.21. The molecule has 1 N–H and O–H groups in total. The smallest absolute Gasteiger partial charge is 0.240 e. The number of hydrogen-bond donors (Lipinski definition) is 1. The van der Waals surface area contributed by atoms with Gasteiger partial charge in [-0.1, -0.05) is 30.3 Å². The first-order chi connectivity index (χ1) is 13.5. The Morgan fingerprint density at radius 1 is 0.964 bits per heavy atom. The number of nitrogens with one attached hydrogen (secondary N) is 1. The van der Waals surface area contributed by atoms with E-state index in [1.54, 1.807) is 30.3 Å². The molecule has 4 aromatic rings. The summed E-state index contributed by atoms with van der Waals surface area (Å²) in [6, 6.07) is 18.9. The van der Waals surface area contributed by atoms with Gasteiger partial charge < -0.3 is 0 Å². The van der Waals surface area contributed by atoms with E-state index in [2.05, 4.69) is 9.71 Å². The minimum absolute atomic E-state index is 0.247. The fourth-order valence-corrected chi connectivity index (χ4v) is 4.81. The van der Waals surface area contributed by atoms with Crippen LogP contribution in [0.15, 0.2) is 77.0 Å². The fourth-order valence-electron chi connectivity index (χ4n) is 2.88. The van der Waals surface area contributed by atoms with Crippen molar-refractivity contribution in [1.29, 1.82) is 0 Å². The van der Waals surface area contributed by atoms with Gasteiger partial charge in [0.1, 0.15) is 10.8 Å². The van der Waals surface area contributed by atoms with Crippen molar-refractivity contribution < 1.29 is 12.8 Å². The lowest BCUT2D eigenvalue weighted by Crippen LogP contribution is -2.26. The Labute approximate surface area is 166 Å². The van der Waals surface area contributed by atoms with Crippen LogP contribution in [0.4, 0.5) is 4.39 Å². The molecule has 0 fully saturated rings. The number of halogens is 1. The summed E-state index contributed by atoms with van der Waals surface area (Å²) >= 11 is 1.45. The molecule has 1 heterocycles. The maximum atomic E-state index is 13.0. The summed E-state index contributed by atoms with van der Waals surface area (Å²) in [6.45, 7) is 0.252. The van der Waals surface area contributed by atoms with E-state index in [1.807, 2.05) is 29.6 Å². The van der Waals surface area contributed by atoms with Crippen LogP contribution in [0.5, 0.6) is 0 Å². The molecular weight excluding hydrogens is 395 g/mol. The number of hydrogen-bond acceptors (Lipinski definition) is 4. The summed E-state index contributed by atoms with van der Waals surface area (Å²) in [6.07, 6.45) is 0.477. The molecule has 0 aliphatic rings. The first kappa shape index (κ1) is 18.7. The van der Waals surface area contributed by atoms with Crippen LogP contribution in [0.1, 0.15) is 5.69 Å². The molecule has 0 saturated heterocycles. The Morgan fingerprint density at radius 3 is 2.50 bits per heavy atom. The molecule has 0 bridgehead atoms. The molecule has 0 spiro atoms. The van der Waals surface area contributed by atoms with Crippen LogP contribution < -0.4 is 4.72 Å². The summed E-state index contributed by atoms with van der Waals surface area (Å²) in [5.41, 5.74) is 1.64. The van der Waals surface area contributed by atoms with E-state index in [9.17, 15) is 12.8 Å². The molecule has 0 aliphatic heterocycles. The van der Waals surface area contributed by atoms with Gasteiger partial charge in [-0.3, -0.25) is 0 Å². The molecule has 0 saturated carbocycles. The topological polar surface area (TPSA) is 59.1 Å². The molecule has 4 nitrogen and oxygen atoms in total. The van der Waals surface area contributed by atoms with E-state index in [1.165, 1.54) is 23.5 Å². The third-order valence-electron chi connectivity index (χ3n) is 4.35. The number of thiazole rings is 1. The highest BCUT2D eigenvalue weighted by Gasteiger charge is 2.14.